The van der Waals surface area contributed by atoms with E-state index in [0.717, 1.165) is 5.69 Å². The zero-order valence-electron chi connectivity index (χ0n) is 30.5. The zero-order valence-corrected chi connectivity index (χ0v) is 30.5. The van der Waals surface area contributed by atoms with Crippen LogP contribution in [0, 0.1) is 0 Å². The van der Waals surface area contributed by atoms with Gasteiger partial charge in [-0.15, -0.1) is 0 Å². The van der Waals surface area contributed by atoms with Crippen molar-refractivity contribution in [1.29, 1.82) is 0 Å². The van der Waals surface area contributed by atoms with Gasteiger partial charge in [-0.3, -0.25) is 0 Å². The lowest BCUT2D eigenvalue weighted by atomic mass is 9.94. The van der Waals surface area contributed by atoms with E-state index in [1.165, 1.54) is 104 Å². The molecule has 10 aromatic carbocycles. The SMILES string of the molecule is c1ccc(-c2ccc3c4cc(-c5ccc6c(c5)c5ccccc5n6-c5ccc6c7ccccc7c7ccccc7c6c5)ccc4n(-c4ccccc4)c3c2)cc1. The normalized spacial score (nSPS) is 11.9. The number of benzene rings is 10. The van der Waals surface area contributed by atoms with Crippen LogP contribution in [0.15, 0.2) is 206 Å². The average Bonchev–Trinajstić information content (AvgIpc) is 3.78. The van der Waals surface area contributed by atoms with Crippen LogP contribution < -0.4 is 0 Å². The fourth-order valence-electron chi connectivity index (χ4n) is 9.33. The molecular formula is C54H34N2. The molecule has 12 rings (SSSR count). The number of rotatable bonds is 4. The molecule has 0 aliphatic carbocycles. The summed E-state index contributed by atoms with van der Waals surface area (Å²) in [7, 11) is 0. The molecule has 260 valence electrons. The largest absolute Gasteiger partial charge is 0.309 e. The number of fused-ring (bicyclic) bond motifs is 12. The number of para-hydroxylation sites is 2. The van der Waals surface area contributed by atoms with Crippen molar-refractivity contribution in [2.24, 2.45) is 0 Å². The summed E-state index contributed by atoms with van der Waals surface area (Å²) in [6.07, 6.45) is 0. The van der Waals surface area contributed by atoms with E-state index in [4.69, 9.17) is 0 Å². The van der Waals surface area contributed by atoms with Crippen LogP contribution in [0.2, 0.25) is 0 Å². The number of nitrogens with zero attached hydrogens (tertiary/aromatic N) is 2. The number of hydrogen-bond donors (Lipinski definition) is 0. The second-order valence-corrected chi connectivity index (χ2v) is 14.9. The van der Waals surface area contributed by atoms with Gasteiger partial charge in [0, 0.05) is 32.9 Å². The maximum absolute atomic E-state index is 2.44. The van der Waals surface area contributed by atoms with Gasteiger partial charge in [0.15, 0.2) is 0 Å². The first-order chi connectivity index (χ1) is 27.8. The third-order valence-corrected chi connectivity index (χ3v) is 11.9. The van der Waals surface area contributed by atoms with Crippen LogP contribution >= 0.6 is 0 Å². The van der Waals surface area contributed by atoms with Crippen molar-refractivity contribution in [1.82, 2.24) is 9.13 Å². The summed E-state index contributed by atoms with van der Waals surface area (Å²) in [6.45, 7) is 0. The molecule has 12 aromatic rings. The van der Waals surface area contributed by atoms with E-state index >= 15 is 0 Å². The predicted molar refractivity (Wildman–Crippen MR) is 239 cm³/mol. The molecule has 2 nitrogen and oxygen atoms in total. The van der Waals surface area contributed by atoms with Gasteiger partial charge in [-0.05, 0) is 115 Å². The molecule has 0 radical (unpaired) electrons. The van der Waals surface area contributed by atoms with E-state index in [1.807, 2.05) is 0 Å². The molecule has 0 amide bonds. The summed E-state index contributed by atoms with van der Waals surface area (Å²) in [5.74, 6) is 0. The average molecular weight is 711 g/mol. The molecule has 0 N–H and O–H groups in total. The van der Waals surface area contributed by atoms with Crippen molar-refractivity contribution in [2.75, 3.05) is 0 Å². The van der Waals surface area contributed by atoms with Crippen molar-refractivity contribution < 1.29 is 0 Å². The summed E-state index contributed by atoms with van der Waals surface area (Å²) < 4.78 is 4.85. The van der Waals surface area contributed by atoms with Crippen LogP contribution in [0.4, 0.5) is 0 Å². The highest BCUT2D eigenvalue weighted by Gasteiger charge is 2.18. The molecule has 0 aliphatic heterocycles. The van der Waals surface area contributed by atoms with Crippen molar-refractivity contribution in [3.8, 4) is 33.6 Å². The lowest BCUT2D eigenvalue weighted by molar-refractivity contribution is 1.18. The summed E-state index contributed by atoms with van der Waals surface area (Å²) in [5, 5.41) is 12.7. The Morgan fingerprint density at radius 2 is 0.625 bits per heavy atom. The number of aromatic nitrogens is 2. The van der Waals surface area contributed by atoms with Gasteiger partial charge in [0.05, 0.1) is 22.1 Å². The summed E-state index contributed by atoms with van der Waals surface area (Å²) in [5.41, 5.74) is 12.0. The topological polar surface area (TPSA) is 9.86 Å². The molecule has 0 bridgehead atoms. The molecule has 0 unspecified atom stereocenters. The van der Waals surface area contributed by atoms with Crippen LogP contribution in [0.3, 0.4) is 0 Å². The summed E-state index contributed by atoms with van der Waals surface area (Å²) >= 11 is 0. The van der Waals surface area contributed by atoms with Crippen LogP contribution in [0.5, 0.6) is 0 Å². The quantitative estimate of drug-likeness (QED) is 0.161. The molecular weight excluding hydrogens is 677 g/mol. The van der Waals surface area contributed by atoms with Gasteiger partial charge in [0.1, 0.15) is 0 Å². The van der Waals surface area contributed by atoms with Gasteiger partial charge >= 0.3 is 0 Å². The van der Waals surface area contributed by atoms with E-state index in [2.05, 4.69) is 215 Å². The van der Waals surface area contributed by atoms with Gasteiger partial charge in [-0.2, -0.15) is 0 Å². The van der Waals surface area contributed by atoms with E-state index < -0.39 is 0 Å². The van der Waals surface area contributed by atoms with Crippen molar-refractivity contribution in [3.05, 3.63) is 206 Å². The molecule has 2 heterocycles. The zero-order chi connectivity index (χ0) is 36.7. The Balaban J connectivity index is 1.05. The van der Waals surface area contributed by atoms with Crippen LogP contribution in [0.1, 0.15) is 0 Å². The molecule has 56 heavy (non-hydrogen) atoms. The van der Waals surface area contributed by atoms with Gasteiger partial charge in [-0.25, -0.2) is 0 Å². The molecule has 0 fully saturated rings. The monoisotopic (exact) mass is 710 g/mol. The Morgan fingerprint density at radius 3 is 1.27 bits per heavy atom. The lowest BCUT2D eigenvalue weighted by Gasteiger charge is -2.14. The molecule has 0 spiro atoms. The number of hydrogen-bond acceptors (Lipinski definition) is 0. The minimum atomic E-state index is 1.16. The van der Waals surface area contributed by atoms with Gasteiger partial charge in [0.2, 0.25) is 0 Å². The first-order valence-corrected chi connectivity index (χ1v) is 19.3. The highest BCUT2D eigenvalue weighted by atomic mass is 15.0. The second-order valence-electron chi connectivity index (χ2n) is 14.9. The van der Waals surface area contributed by atoms with Crippen LogP contribution in [0.25, 0.3) is 110 Å². The Kier molecular flexibility index (Phi) is 6.66. The van der Waals surface area contributed by atoms with E-state index in [9.17, 15) is 0 Å². The van der Waals surface area contributed by atoms with E-state index in [-0.39, 0.29) is 0 Å². The molecule has 0 aliphatic rings. The first-order valence-electron chi connectivity index (χ1n) is 19.3. The lowest BCUT2D eigenvalue weighted by Crippen LogP contribution is -1.94. The Bertz CT molecular complexity index is 3480. The smallest absolute Gasteiger partial charge is 0.0547 e. The van der Waals surface area contributed by atoms with Crippen molar-refractivity contribution in [2.45, 2.75) is 0 Å². The Morgan fingerprint density at radius 1 is 0.196 bits per heavy atom. The molecule has 2 heteroatoms. The standard InChI is InChI=1S/C54H34N2/c1-3-13-35(14-4-1)38-23-27-47-50-32-37(24-29-52(50)55(54(47)33-38)39-15-5-2-6-16-39)36-25-30-53-49(31-36)46-21-11-12-22-51(46)56(53)40-26-28-45-43-19-8-7-17-41(43)42-18-9-10-20-44(42)48(45)34-40/h1-34H. The molecule has 0 saturated heterocycles. The van der Waals surface area contributed by atoms with Crippen LogP contribution in [-0.4, -0.2) is 9.13 Å². The predicted octanol–water partition coefficient (Wildman–Crippen LogP) is 14.7. The maximum Gasteiger partial charge on any atom is 0.0547 e. The minimum Gasteiger partial charge on any atom is -0.309 e. The fourth-order valence-corrected chi connectivity index (χ4v) is 9.33. The van der Waals surface area contributed by atoms with E-state index in [0.29, 0.717) is 0 Å². The first kappa shape index (κ1) is 31.0. The maximum atomic E-state index is 2.44. The Hall–Kier alpha value is -7.42. The van der Waals surface area contributed by atoms with Gasteiger partial charge < -0.3 is 9.13 Å². The van der Waals surface area contributed by atoms with Crippen molar-refractivity contribution >= 4 is 75.9 Å². The Labute approximate surface area is 323 Å². The molecule has 0 atom stereocenters. The van der Waals surface area contributed by atoms with Crippen LogP contribution in [-0.2, 0) is 0 Å². The molecule has 2 aromatic heterocycles. The van der Waals surface area contributed by atoms with Gasteiger partial charge in [-0.1, -0.05) is 146 Å². The molecule has 0 saturated carbocycles. The summed E-state index contributed by atoms with van der Waals surface area (Å²) in [4.78, 5) is 0. The van der Waals surface area contributed by atoms with E-state index in [1.54, 1.807) is 0 Å². The fraction of sp³-hybridized carbons (Fsp3) is 0. The minimum absolute atomic E-state index is 1.16. The third-order valence-electron chi connectivity index (χ3n) is 11.9. The van der Waals surface area contributed by atoms with Crippen molar-refractivity contribution in [3.63, 3.8) is 0 Å². The third kappa shape index (κ3) is 4.57. The summed E-state index contributed by atoms with van der Waals surface area (Å²) in [6, 6.07) is 75.7. The van der Waals surface area contributed by atoms with Gasteiger partial charge in [0.25, 0.3) is 0 Å². The highest BCUT2D eigenvalue weighted by molar-refractivity contribution is 6.25. The highest BCUT2D eigenvalue weighted by Crippen LogP contribution is 2.41. The second kappa shape index (κ2) is 12.0.